The Kier molecular flexibility index (Phi) is 6.35. The number of amides is 3. The number of rotatable bonds is 7. The summed E-state index contributed by atoms with van der Waals surface area (Å²) in [4.78, 5) is 67.4. The molecule has 4 aromatic rings. The Morgan fingerprint density at radius 3 is 1.82 bits per heavy atom. The van der Waals surface area contributed by atoms with E-state index in [0.29, 0.717) is 5.75 Å². The highest BCUT2D eigenvalue weighted by atomic mass is 16.6. The van der Waals surface area contributed by atoms with Gasteiger partial charge in [-0.25, -0.2) is 5.01 Å². The van der Waals surface area contributed by atoms with Crippen LogP contribution < -0.4 is 4.74 Å². The van der Waals surface area contributed by atoms with Crippen molar-refractivity contribution in [3.63, 3.8) is 0 Å². The smallest absolute Gasteiger partial charge is 0.273 e. The largest absolute Gasteiger partial charge is 0.497 e. The van der Waals surface area contributed by atoms with E-state index in [2.05, 4.69) is 0 Å². The van der Waals surface area contributed by atoms with Gasteiger partial charge in [-0.15, -0.1) is 0 Å². The summed E-state index contributed by atoms with van der Waals surface area (Å²) in [7, 11) is 1.45. The molecule has 2 bridgehead atoms. The van der Waals surface area contributed by atoms with E-state index in [0.717, 1.165) is 38.3 Å². The lowest BCUT2D eigenvalue weighted by Crippen LogP contribution is -2.52. The van der Waals surface area contributed by atoms with Crippen molar-refractivity contribution in [2.75, 3.05) is 13.7 Å². The molecule has 1 aliphatic heterocycles. The number of carbonyl (C=O) groups excluding carboxylic acids is 4. The fourth-order valence-electron chi connectivity index (χ4n) is 7.06. The maximum absolute atomic E-state index is 14.4. The number of Topliss-reactive ketones (excluding diaryl/α,β-unsaturated/α-hetero) is 1. The third-order valence-corrected chi connectivity index (χ3v) is 8.89. The monoisotopic (exact) mass is 587 g/mol. The minimum absolute atomic E-state index is 0.136. The van der Waals surface area contributed by atoms with Crippen LogP contribution in [0.5, 0.6) is 5.75 Å². The Hall–Kier alpha value is -5.64. The number of hydrogen-bond donors (Lipinski definition) is 0. The van der Waals surface area contributed by atoms with Crippen molar-refractivity contribution >= 4 is 29.2 Å². The van der Waals surface area contributed by atoms with Crippen LogP contribution in [-0.4, -0.2) is 52.1 Å². The third-order valence-electron chi connectivity index (χ3n) is 8.89. The van der Waals surface area contributed by atoms with Crippen LogP contribution >= 0.6 is 0 Å². The predicted octanol–water partition coefficient (Wildman–Crippen LogP) is 4.74. The second kappa shape index (κ2) is 10.3. The molecule has 0 N–H and O–H groups in total. The van der Waals surface area contributed by atoms with Crippen LogP contribution in [0.4, 0.5) is 5.69 Å². The molecule has 1 fully saturated rings. The van der Waals surface area contributed by atoms with Gasteiger partial charge >= 0.3 is 0 Å². The van der Waals surface area contributed by atoms with Gasteiger partial charge in [-0.1, -0.05) is 66.7 Å². The first kappa shape index (κ1) is 27.2. The molecular formula is C34H25N3O7. The molecule has 0 aromatic heterocycles. The molecule has 0 spiro atoms. The summed E-state index contributed by atoms with van der Waals surface area (Å²) in [5.41, 5.74) is 3.58. The Morgan fingerprint density at radius 1 is 0.773 bits per heavy atom. The van der Waals surface area contributed by atoms with E-state index < -0.39 is 58.6 Å². The van der Waals surface area contributed by atoms with Gasteiger partial charge in [0.1, 0.15) is 12.3 Å². The van der Waals surface area contributed by atoms with Crippen molar-refractivity contribution in [1.82, 2.24) is 10.0 Å². The molecule has 8 rings (SSSR count). The molecule has 218 valence electrons. The van der Waals surface area contributed by atoms with E-state index in [1.54, 1.807) is 18.2 Å². The molecule has 3 aliphatic carbocycles. The van der Waals surface area contributed by atoms with Crippen LogP contribution in [0.2, 0.25) is 0 Å². The number of non-ortho nitro benzene ring substituents is 1. The topological polar surface area (TPSA) is 127 Å². The summed E-state index contributed by atoms with van der Waals surface area (Å²) in [6.07, 6.45) is 0. The fraction of sp³-hybridized carbons (Fsp3) is 0.176. The van der Waals surface area contributed by atoms with Gasteiger partial charge in [0, 0.05) is 35.1 Å². The molecule has 0 saturated carbocycles. The molecule has 44 heavy (non-hydrogen) atoms. The number of imide groups is 1. The Balaban J connectivity index is 1.33. The fourth-order valence-corrected chi connectivity index (χ4v) is 7.06. The number of hydrazine groups is 1. The Bertz CT molecular complexity index is 1790. The van der Waals surface area contributed by atoms with Crippen LogP contribution in [0.25, 0.3) is 0 Å². The van der Waals surface area contributed by atoms with Crippen LogP contribution in [0.1, 0.15) is 54.8 Å². The number of carbonyl (C=O) groups is 4. The Morgan fingerprint density at radius 2 is 1.30 bits per heavy atom. The summed E-state index contributed by atoms with van der Waals surface area (Å²) < 4.78 is 5.24. The zero-order chi connectivity index (χ0) is 30.7. The first-order valence-corrected chi connectivity index (χ1v) is 14.1. The van der Waals surface area contributed by atoms with E-state index >= 15 is 0 Å². The number of nitro groups is 1. The van der Waals surface area contributed by atoms with Gasteiger partial charge in [0.05, 0.1) is 23.9 Å². The lowest BCUT2D eigenvalue weighted by molar-refractivity contribution is -0.384. The van der Waals surface area contributed by atoms with Gasteiger partial charge < -0.3 is 4.74 Å². The average Bonchev–Trinajstić information content (AvgIpc) is 3.32. The molecule has 3 amide bonds. The highest BCUT2D eigenvalue weighted by molar-refractivity contribution is 6.11. The average molecular weight is 588 g/mol. The summed E-state index contributed by atoms with van der Waals surface area (Å²) in [5, 5.41) is 13.1. The molecule has 4 aliphatic rings. The molecule has 10 nitrogen and oxygen atoms in total. The highest BCUT2D eigenvalue weighted by Crippen LogP contribution is 2.61. The molecule has 1 saturated heterocycles. The summed E-state index contributed by atoms with van der Waals surface area (Å²) >= 11 is 0. The van der Waals surface area contributed by atoms with Crippen LogP contribution in [0, 0.1) is 22.0 Å². The van der Waals surface area contributed by atoms with Gasteiger partial charge in [0.15, 0.2) is 5.78 Å². The number of nitro benzene ring substituents is 1. The maximum Gasteiger partial charge on any atom is 0.273 e. The molecule has 2 atom stereocenters. The minimum Gasteiger partial charge on any atom is -0.497 e. The number of hydrogen-bond acceptors (Lipinski definition) is 7. The van der Waals surface area contributed by atoms with Crippen molar-refractivity contribution in [2.24, 2.45) is 11.8 Å². The number of benzene rings is 4. The summed E-state index contributed by atoms with van der Waals surface area (Å²) in [5.74, 6) is -4.59. The maximum atomic E-state index is 14.4. The van der Waals surface area contributed by atoms with E-state index in [-0.39, 0.29) is 16.8 Å². The first-order valence-electron chi connectivity index (χ1n) is 14.1. The van der Waals surface area contributed by atoms with Gasteiger partial charge in [0.25, 0.3) is 23.4 Å². The normalized spacial score (nSPS) is 20.9. The number of nitrogens with zero attached hydrogens (tertiary/aromatic N) is 3. The molecule has 0 radical (unpaired) electrons. The molecule has 10 heteroatoms. The standard InChI is InChI=1S/C34H25N3O7/c1-44-22-11-7-8-19(17-22)27(38)18-35(32(39)20-9-6-10-21(16-20)37(42)43)36-33(40)30-28-23-12-2-3-13-24(23)29(31(30)34(36)41)26-15-5-4-14-25(26)28/h2-17,28-31H,18H2,1H3/t28?,29?,30-,31-/m1/s1. The van der Waals surface area contributed by atoms with E-state index in [4.69, 9.17) is 4.74 Å². The number of ether oxygens (including phenoxy) is 1. The van der Waals surface area contributed by atoms with E-state index in [1.165, 1.54) is 31.4 Å². The molecule has 4 aromatic carbocycles. The second-order valence-corrected chi connectivity index (χ2v) is 11.1. The van der Waals surface area contributed by atoms with Gasteiger partial charge in [-0.2, -0.15) is 5.01 Å². The van der Waals surface area contributed by atoms with Crippen LogP contribution in [0.3, 0.4) is 0 Å². The zero-order valence-electron chi connectivity index (χ0n) is 23.5. The van der Waals surface area contributed by atoms with E-state index in [1.807, 2.05) is 48.5 Å². The lowest BCUT2D eigenvalue weighted by atomic mass is 9.55. The minimum atomic E-state index is -0.882. The number of ketones is 1. The summed E-state index contributed by atoms with van der Waals surface area (Å²) in [6, 6.07) is 26.8. The van der Waals surface area contributed by atoms with Crippen molar-refractivity contribution in [2.45, 2.75) is 11.8 Å². The van der Waals surface area contributed by atoms with Crippen molar-refractivity contribution < 1.29 is 28.8 Å². The highest BCUT2D eigenvalue weighted by Gasteiger charge is 2.63. The van der Waals surface area contributed by atoms with Crippen LogP contribution in [0.15, 0.2) is 97.1 Å². The zero-order valence-corrected chi connectivity index (χ0v) is 23.5. The van der Waals surface area contributed by atoms with E-state index in [9.17, 15) is 29.3 Å². The van der Waals surface area contributed by atoms with Crippen LogP contribution in [-0.2, 0) is 9.59 Å². The van der Waals surface area contributed by atoms with Crippen molar-refractivity contribution in [1.29, 1.82) is 0 Å². The quantitative estimate of drug-likeness (QED) is 0.132. The number of methoxy groups -OCH3 is 1. The molecule has 0 unspecified atom stereocenters. The lowest BCUT2D eigenvalue weighted by Gasteiger charge is -2.45. The summed E-state index contributed by atoms with van der Waals surface area (Å²) in [6.45, 7) is -0.652. The SMILES string of the molecule is COc1cccc(C(=O)CN(C(=O)c2cccc([N+](=O)[O-])c2)N2C(=O)[C@@H]3C4c5ccccc5C(c5ccccc54)[C@H]3C2=O)c1. The third kappa shape index (κ3) is 4.02. The van der Waals surface area contributed by atoms with Crippen molar-refractivity contribution in [3.05, 3.63) is 141 Å². The Labute approximate surface area is 251 Å². The van der Waals surface area contributed by atoms with Gasteiger partial charge in [-0.3, -0.25) is 29.3 Å². The first-order chi connectivity index (χ1) is 21.3. The predicted molar refractivity (Wildman–Crippen MR) is 157 cm³/mol. The molecular weight excluding hydrogens is 562 g/mol. The molecule has 1 heterocycles. The second-order valence-electron chi connectivity index (χ2n) is 11.1. The van der Waals surface area contributed by atoms with Crippen molar-refractivity contribution in [3.8, 4) is 5.75 Å². The van der Waals surface area contributed by atoms with Gasteiger partial charge in [-0.05, 0) is 40.5 Å². The van der Waals surface area contributed by atoms with Gasteiger partial charge in [0.2, 0.25) is 0 Å².